The zero-order valence-corrected chi connectivity index (χ0v) is 11.6. The molecule has 0 atom stereocenters. The van der Waals surface area contributed by atoms with Crippen LogP contribution in [0, 0.1) is 0 Å². The summed E-state index contributed by atoms with van der Waals surface area (Å²) >= 11 is 0. The lowest BCUT2D eigenvalue weighted by molar-refractivity contribution is 0.248. The Morgan fingerprint density at radius 3 is 2.72 bits per heavy atom. The van der Waals surface area contributed by atoms with E-state index in [1.54, 1.807) is 0 Å². The maximum atomic E-state index is 12.1. The number of aryl methyl sites for hydroxylation is 1. The van der Waals surface area contributed by atoms with Crippen molar-refractivity contribution in [3.05, 3.63) is 12.0 Å². The fourth-order valence-corrected chi connectivity index (χ4v) is 3.31. The van der Waals surface area contributed by atoms with Gasteiger partial charge in [0.15, 0.2) is 5.03 Å². The highest BCUT2D eigenvalue weighted by molar-refractivity contribution is 7.89. The van der Waals surface area contributed by atoms with Gasteiger partial charge in [-0.2, -0.15) is 0 Å². The van der Waals surface area contributed by atoms with Crippen LogP contribution in [-0.2, 0) is 16.4 Å². The fraction of sp³-hybridized carbons (Fsp3) is 0.727. The number of piperidine rings is 1. The number of imidazole rings is 1. The first-order chi connectivity index (χ1) is 8.51. The van der Waals surface area contributed by atoms with Crippen LogP contribution in [0.3, 0.4) is 0 Å². The van der Waals surface area contributed by atoms with Crippen LogP contribution in [0.15, 0.2) is 11.2 Å². The number of likely N-dealkylation sites (tertiary alicyclic amines) is 1. The van der Waals surface area contributed by atoms with Crippen LogP contribution in [0.1, 0.15) is 25.6 Å². The van der Waals surface area contributed by atoms with Crippen molar-refractivity contribution in [3.8, 4) is 0 Å². The minimum atomic E-state index is -3.45. The second-order valence-electron chi connectivity index (χ2n) is 4.75. The molecular formula is C11H20N4O2S. The van der Waals surface area contributed by atoms with Gasteiger partial charge in [-0.1, -0.05) is 6.92 Å². The number of nitrogens with one attached hydrogen (secondary N) is 2. The third-order valence-electron chi connectivity index (χ3n) is 3.27. The summed E-state index contributed by atoms with van der Waals surface area (Å²) in [6.07, 6.45) is 3.79. The maximum absolute atomic E-state index is 12.1. The van der Waals surface area contributed by atoms with E-state index in [0.29, 0.717) is 12.2 Å². The molecule has 7 heteroatoms. The molecule has 0 radical (unpaired) electrons. The summed E-state index contributed by atoms with van der Waals surface area (Å²) < 4.78 is 27.0. The summed E-state index contributed by atoms with van der Waals surface area (Å²) in [5, 5.41) is 0.165. The lowest BCUT2D eigenvalue weighted by Gasteiger charge is -2.29. The molecule has 0 saturated carbocycles. The van der Waals surface area contributed by atoms with E-state index in [1.165, 1.54) is 6.20 Å². The highest BCUT2D eigenvalue weighted by atomic mass is 32.2. The Balaban J connectivity index is 2.03. The van der Waals surface area contributed by atoms with E-state index in [0.717, 1.165) is 25.9 Å². The lowest BCUT2D eigenvalue weighted by Crippen LogP contribution is -2.43. The zero-order chi connectivity index (χ0) is 13.2. The first-order valence-electron chi connectivity index (χ1n) is 6.26. The smallest absolute Gasteiger partial charge is 0.257 e. The van der Waals surface area contributed by atoms with Crippen molar-refractivity contribution in [1.82, 2.24) is 19.6 Å². The van der Waals surface area contributed by atoms with Gasteiger partial charge in [0.2, 0.25) is 0 Å². The number of nitrogens with zero attached hydrogens (tertiary/aromatic N) is 2. The van der Waals surface area contributed by atoms with Crippen LogP contribution in [-0.4, -0.2) is 49.5 Å². The van der Waals surface area contributed by atoms with Gasteiger partial charge in [-0.05, 0) is 33.0 Å². The molecule has 1 aliphatic heterocycles. The number of sulfonamides is 1. The quantitative estimate of drug-likeness (QED) is 0.829. The first-order valence-corrected chi connectivity index (χ1v) is 7.74. The summed E-state index contributed by atoms with van der Waals surface area (Å²) in [6, 6.07) is 0.0274. The largest absolute Gasteiger partial charge is 0.332 e. The molecule has 0 spiro atoms. The van der Waals surface area contributed by atoms with E-state index >= 15 is 0 Å². The van der Waals surface area contributed by atoms with Crippen LogP contribution in [0.5, 0.6) is 0 Å². The van der Waals surface area contributed by atoms with E-state index in [9.17, 15) is 8.42 Å². The lowest BCUT2D eigenvalue weighted by atomic mass is 10.1. The third kappa shape index (κ3) is 3.09. The predicted octanol–water partition coefficient (Wildman–Crippen LogP) is 0.345. The summed E-state index contributed by atoms with van der Waals surface area (Å²) in [6.45, 7) is 3.78. The van der Waals surface area contributed by atoms with E-state index < -0.39 is 10.0 Å². The van der Waals surface area contributed by atoms with E-state index in [-0.39, 0.29) is 11.1 Å². The molecule has 0 aromatic carbocycles. The van der Waals surface area contributed by atoms with Gasteiger partial charge in [0.05, 0.1) is 6.20 Å². The third-order valence-corrected chi connectivity index (χ3v) is 4.70. The van der Waals surface area contributed by atoms with Crippen molar-refractivity contribution >= 4 is 10.0 Å². The number of aromatic amines is 1. The zero-order valence-electron chi connectivity index (χ0n) is 10.8. The van der Waals surface area contributed by atoms with Crippen molar-refractivity contribution in [2.75, 3.05) is 20.1 Å². The Kier molecular flexibility index (Phi) is 4.04. The molecule has 2 N–H and O–H groups in total. The molecule has 0 aliphatic carbocycles. The van der Waals surface area contributed by atoms with Gasteiger partial charge in [0.1, 0.15) is 5.82 Å². The molecule has 0 amide bonds. The minimum absolute atomic E-state index is 0.0274. The molecule has 1 aromatic heterocycles. The number of H-pyrrole nitrogens is 1. The van der Waals surface area contributed by atoms with Gasteiger partial charge in [-0.3, -0.25) is 0 Å². The number of rotatable bonds is 4. The predicted molar refractivity (Wildman–Crippen MR) is 68.8 cm³/mol. The second kappa shape index (κ2) is 5.38. The van der Waals surface area contributed by atoms with Crippen LogP contribution >= 0.6 is 0 Å². The maximum Gasteiger partial charge on any atom is 0.257 e. The van der Waals surface area contributed by atoms with Gasteiger partial charge in [-0.25, -0.2) is 18.1 Å². The average Bonchev–Trinajstić information content (AvgIpc) is 2.81. The highest BCUT2D eigenvalue weighted by Gasteiger charge is 2.24. The number of hydrogen-bond acceptors (Lipinski definition) is 4. The molecule has 1 saturated heterocycles. The van der Waals surface area contributed by atoms with Crippen molar-refractivity contribution in [1.29, 1.82) is 0 Å². The fourth-order valence-electron chi connectivity index (χ4n) is 2.07. The Bertz CT molecular complexity index is 489. The molecule has 1 fully saturated rings. The molecule has 1 aliphatic rings. The SMILES string of the molecule is CCc1ncc(S(=O)(=O)NC2CCN(C)CC2)[nH]1. The number of aromatic nitrogens is 2. The standard InChI is InChI=1S/C11H20N4O2S/c1-3-10-12-8-11(13-10)18(16,17)14-9-4-6-15(2)7-5-9/h8-9,14H,3-7H2,1-2H3,(H,12,13). The first kappa shape index (κ1) is 13.5. The van der Waals surface area contributed by atoms with Gasteiger partial charge in [0, 0.05) is 12.5 Å². The number of hydrogen-bond donors (Lipinski definition) is 2. The molecule has 18 heavy (non-hydrogen) atoms. The van der Waals surface area contributed by atoms with Crippen LogP contribution in [0.25, 0.3) is 0 Å². The molecule has 2 rings (SSSR count). The Hall–Kier alpha value is -0.920. The Morgan fingerprint density at radius 2 is 2.17 bits per heavy atom. The summed E-state index contributed by atoms with van der Waals surface area (Å²) in [5.41, 5.74) is 0. The molecule has 102 valence electrons. The van der Waals surface area contributed by atoms with E-state index in [1.807, 2.05) is 14.0 Å². The second-order valence-corrected chi connectivity index (χ2v) is 6.43. The molecule has 6 nitrogen and oxygen atoms in total. The van der Waals surface area contributed by atoms with Crippen LogP contribution in [0.4, 0.5) is 0 Å². The van der Waals surface area contributed by atoms with Crippen LogP contribution < -0.4 is 4.72 Å². The Morgan fingerprint density at radius 1 is 1.50 bits per heavy atom. The van der Waals surface area contributed by atoms with Crippen molar-refractivity contribution in [3.63, 3.8) is 0 Å². The van der Waals surface area contributed by atoms with Gasteiger partial charge in [-0.15, -0.1) is 0 Å². The molecular weight excluding hydrogens is 252 g/mol. The van der Waals surface area contributed by atoms with Gasteiger partial charge < -0.3 is 9.88 Å². The van der Waals surface area contributed by atoms with Crippen molar-refractivity contribution < 1.29 is 8.42 Å². The summed E-state index contributed by atoms with van der Waals surface area (Å²) in [4.78, 5) is 9.06. The summed E-state index contributed by atoms with van der Waals surface area (Å²) in [7, 11) is -1.40. The monoisotopic (exact) mass is 272 g/mol. The molecule has 2 heterocycles. The molecule has 0 unspecified atom stereocenters. The topological polar surface area (TPSA) is 78.1 Å². The molecule has 0 bridgehead atoms. The normalized spacial score (nSPS) is 19.2. The van der Waals surface area contributed by atoms with E-state index in [4.69, 9.17) is 0 Å². The average molecular weight is 272 g/mol. The van der Waals surface area contributed by atoms with E-state index in [2.05, 4.69) is 19.6 Å². The van der Waals surface area contributed by atoms with Gasteiger partial charge >= 0.3 is 0 Å². The van der Waals surface area contributed by atoms with Gasteiger partial charge in [0.25, 0.3) is 10.0 Å². The Labute approximate surface area is 108 Å². The molecule has 1 aromatic rings. The van der Waals surface area contributed by atoms with Crippen molar-refractivity contribution in [2.24, 2.45) is 0 Å². The summed E-state index contributed by atoms with van der Waals surface area (Å²) in [5.74, 6) is 0.693. The van der Waals surface area contributed by atoms with Crippen LogP contribution in [0.2, 0.25) is 0 Å². The highest BCUT2D eigenvalue weighted by Crippen LogP contribution is 2.13. The van der Waals surface area contributed by atoms with Crippen molar-refractivity contribution in [2.45, 2.75) is 37.3 Å². The minimum Gasteiger partial charge on any atom is -0.332 e.